The van der Waals surface area contributed by atoms with Crippen LogP contribution in [0.15, 0.2) is 36.4 Å². The first-order valence-electron chi connectivity index (χ1n) is 10.5. The smallest absolute Gasteiger partial charge is 0.341 e. The average molecular weight is 490 g/mol. The van der Waals surface area contributed by atoms with E-state index in [0.29, 0.717) is 16.1 Å². The van der Waals surface area contributed by atoms with E-state index in [1.165, 1.54) is 23.3 Å². The maximum Gasteiger partial charge on any atom is 0.341 e. The lowest BCUT2D eigenvalue weighted by molar-refractivity contribution is -0.119. The van der Waals surface area contributed by atoms with Crippen LogP contribution in [0.1, 0.15) is 38.9 Å². The standard InChI is InChI=1S/C23H27N3O5S2/c1-4-30-23(29)18-13-19(15-8-10-26(2)11-9-15)33-21(18)24-20(27)14-31-22(28)16-6-5-7-17(12-16)25-32-3/h5-8,12-13,25H,4,9-11,14H2,1-3H3,(H,24,27). The number of nitrogens with one attached hydrogen (secondary N) is 2. The molecule has 1 aromatic heterocycles. The van der Waals surface area contributed by atoms with Crippen LogP contribution < -0.4 is 10.0 Å². The van der Waals surface area contributed by atoms with Gasteiger partial charge in [-0.1, -0.05) is 24.1 Å². The van der Waals surface area contributed by atoms with Gasteiger partial charge in [0.25, 0.3) is 5.91 Å². The molecule has 0 saturated heterocycles. The van der Waals surface area contributed by atoms with Crippen LogP contribution in [-0.2, 0) is 14.3 Å². The number of hydrogen-bond donors (Lipinski definition) is 2. The van der Waals surface area contributed by atoms with Gasteiger partial charge in [-0.25, -0.2) is 9.59 Å². The number of thiophene rings is 1. The molecule has 0 bridgehead atoms. The summed E-state index contributed by atoms with van der Waals surface area (Å²) in [4.78, 5) is 40.4. The molecule has 10 heteroatoms. The summed E-state index contributed by atoms with van der Waals surface area (Å²) in [5.74, 6) is -1.64. The summed E-state index contributed by atoms with van der Waals surface area (Å²) in [5.41, 5.74) is 2.53. The number of rotatable bonds is 9. The maximum atomic E-state index is 12.5. The zero-order valence-corrected chi connectivity index (χ0v) is 20.4. The van der Waals surface area contributed by atoms with Crippen molar-refractivity contribution in [3.8, 4) is 0 Å². The molecule has 0 spiro atoms. The van der Waals surface area contributed by atoms with Gasteiger partial charge in [-0.2, -0.15) is 0 Å². The summed E-state index contributed by atoms with van der Waals surface area (Å²) in [6, 6.07) is 8.57. The molecule has 0 unspecified atom stereocenters. The summed E-state index contributed by atoms with van der Waals surface area (Å²) in [6.45, 7) is 3.23. The highest BCUT2D eigenvalue weighted by Gasteiger charge is 2.22. The summed E-state index contributed by atoms with van der Waals surface area (Å²) in [6.07, 6.45) is 4.85. The Morgan fingerprint density at radius 1 is 1.18 bits per heavy atom. The van der Waals surface area contributed by atoms with Crippen LogP contribution in [0.5, 0.6) is 0 Å². The van der Waals surface area contributed by atoms with Crippen molar-refractivity contribution >= 4 is 57.4 Å². The number of nitrogens with zero attached hydrogens (tertiary/aromatic N) is 1. The normalized spacial score (nSPS) is 13.7. The molecule has 2 heterocycles. The van der Waals surface area contributed by atoms with Gasteiger partial charge in [-0.15, -0.1) is 11.3 Å². The van der Waals surface area contributed by atoms with Crippen LogP contribution in [0.25, 0.3) is 5.57 Å². The Bertz CT molecular complexity index is 1050. The first kappa shape index (κ1) is 24.8. The van der Waals surface area contributed by atoms with Crippen LogP contribution in [0.2, 0.25) is 0 Å². The molecule has 3 rings (SSSR count). The number of ether oxygens (including phenoxy) is 2. The van der Waals surface area contributed by atoms with Crippen LogP contribution in [-0.4, -0.2) is 62.4 Å². The van der Waals surface area contributed by atoms with Crippen molar-refractivity contribution in [3.05, 3.63) is 52.4 Å². The van der Waals surface area contributed by atoms with E-state index in [-0.39, 0.29) is 6.61 Å². The summed E-state index contributed by atoms with van der Waals surface area (Å²) in [5, 5.41) is 3.09. The number of esters is 2. The number of likely N-dealkylation sites (N-methyl/N-ethyl adjacent to an activating group) is 1. The second-order valence-corrected chi connectivity index (χ2v) is 8.99. The Kier molecular flexibility index (Phi) is 8.93. The minimum absolute atomic E-state index is 0.229. The molecule has 0 saturated carbocycles. The van der Waals surface area contributed by atoms with E-state index in [4.69, 9.17) is 9.47 Å². The molecule has 1 aliphatic rings. The molecule has 1 aliphatic heterocycles. The van der Waals surface area contributed by atoms with Crippen molar-refractivity contribution in [2.45, 2.75) is 13.3 Å². The molecule has 2 aromatic rings. The number of hydrogen-bond acceptors (Lipinski definition) is 9. The Labute approximate surface area is 201 Å². The number of carbonyl (C=O) groups excluding carboxylic acids is 3. The fourth-order valence-corrected chi connectivity index (χ4v) is 4.69. The van der Waals surface area contributed by atoms with Gasteiger partial charge in [0.1, 0.15) is 5.00 Å². The monoisotopic (exact) mass is 489 g/mol. The molecule has 0 radical (unpaired) electrons. The Morgan fingerprint density at radius 3 is 2.70 bits per heavy atom. The van der Waals surface area contributed by atoms with Crippen molar-refractivity contribution < 1.29 is 23.9 Å². The Hall–Kier alpha value is -2.82. The van der Waals surface area contributed by atoms with E-state index < -0.39 is 24.5 Å². The van der Waals surface area contributed by atoms with E-state index in [0.717, 1.165) is 35.6 Å². The highest BCUT2D eigenvalue weighted by molar-refractivity contribution is 7.99. The van der Waals surface area contributed by atoms with Gasteiger partial charge in [0, 0.05) is 29.9 Å². The Balaban J connectivity index is 1.68. The topological polar surface area (TPSA) is 97.0 Å². The highest BCUT2D eigenvalue weighted by atomic mass is 32.2. The van der Waals surface area contributed by atoms with Gasteiger partial charge in [0.05, 0.1) is 17.7 Å². The molecule has 0 atom stereocenters. The third kappa shape index (κ3) is 6.83. The van der Waals surface area contributed by atoms with Crippen LogP contribution in [0.4, 0.5) is 10.7 Å². The van der Waals surface area contributed by atoms with E-state index in [2.05, 4.69) is 21.0 Å². The molecule has 1 aromatic carbocycles. The predicted octanol–water partition coefficient (Wildman–Crippen LogP) is 4.13. The average Bonchev–Trinajstić information content (AvgIpc) is 3.22. The molecule has 0 aliphatic carbocycles. The number of anilines is 2. The summed E-state index contributed by atoms with van der Waals surface area (Å²) >= 11 is 2.72. The largest absolute Gasteiger partial charge is 0.462 e. The fraction of sp³-hybridized carbons (Fsp3) is 0.348. The first-order valence-corrected chi connectivity index (χ1v) is 12.5. The minimum Gasteiger partial charge on any atom is -0.462 e. The van der Waals surface area contributed by atoms with Crippen molar-refractivity contribution in [1.29, 1.82) is 0 Å². The first-order chi connectivity index (χ1) is 15.9. The number of amides is 1. The molecule has 2 N–H and O–H groups in total. The summed E-state index contributed by atoms with van der Waals surface area (Å²) in [7, 11) is 2.05. The van der Waals surface area contributed by atoms with Crippen LogP contribution >= 0.6 is 23.3 Å². The number of carbonyl (C=O) groups is 3. The van der Waals surface area contributed by atoms with E-state index in [1.54, 1.807) is 31.2 Å². The second-order valence-electron chi connectivity index (χ2n) is 7.33. The molecular formula is C23H27N3O5S2. The van der Waals surface area contributed by atoms with E-state index in [9.17, 15) is 14.4 Å². The van der Waals surface area contributed by atoms with Gasteiger partial charge in [-0.3, -0.25) is 4.79 Å². The molecule has 33 heavy (non-hydrogen) atoms. The van der Waals surface area contributed by atoms with E-state index in [1.807, 2.05) is 19.4 Å². The lowest BCUT2D eigenvalue weighted by atomic mass is 10.1. The zero-order valence-electron chi connectivity index (χ0n) is 18.8. The maximum absolute atomic E-state index is 12.5. The summed E-state index contributed by atoms with van der Waals surface area (Å²) < 4.78 is 13.4. The van der Waals surface area contributed by atoms with Gasteiger partial charge < -0.3 is 24.4 Å². The highest BCUT2D eigenvalue weighted by Crippen LogP contribution is 2.35. The Morgan fingerprint density at radius 2 is 2.00 bits per heavy atom. The fourth-order valence-electron chi connectivity index (χ4n) is 3.20. The van der Waals surface area contributed by atoms with Crippen molar-refractivity contribution in [2.24, 2.45) is 0 Å². The van der Waals surface area contributed by atoms with Crippen molar-refractivity contribution in [2.75, 3.05) is 49.6 Å². The zero-order chi connectivity index (χ0) is 23.8. The minimum atomic E-state index is -0.608. The van der Waals surface area contributed by atoms with Gasteiger partial charge >= 0.3 is 11.9 Å². The molecule has 176 valence electrons. The third-order valence-electron chi connectivity index (χ3n) is 4.86. The molecule has 0 fully saturated rings. The third-order valence-corrected chi connectivity index (χ3v) is 6.43. The van der Waals surface area contributed by atoms with Gasteiger partial charge in [0.15, 0.2) is 6.61 Å². The van der Waals surface area contributed by atoms with Crippen LogP contribution in [0, 0.1) is 0 Å². The SMILES string of the molecule is CCOC(=O)c1cc(C2=CCN(C)CC2)sc1NC(=O)COC(=O)c1cccc(NSC)c1. The molecule has 8 nitrogen and oxygen atoms in total. The van der Waals surface area contributed by atoms with Crippen molar-refractivity contribution in [1.82, 2.24) is 4.90 Å². The quantitative estimate of drug-likeness (QED) is 0.401. The van der Waals surface area contributed by atoms with Crippen molar-refractivity contribution in [3.63, 3.8) is 0 Å². The predicted molar refractivity (Wildman–Crippen MR) is 133 cm³/mol. The molecular weight excluding hydrogens is 462 g/mol. The van der Waals surface area contributed by atoms with Crippen LogP contribution in [0.3, 0.4) is 0 Å². The lowest BCUT2D eigenvalue weighted by Gasteiger charge is -2.21. The molecule has 1 amide bonds. The van der Waals surface area contributed by atoms with E-state index >= 15 is 0 Å². The number of benzene rings is 1. The van der Waals surface area contributed by atoms with Gasteiger partial charge in [-0.05, 0) is 50.2 Å². The lowest BCUT2D eigenvalue weighted by Crippen LogP contribution is -2.23. The second kappa shape index (κ2) is 11.9. The van der Waals surface area contributed by atoms with Gasteiger partial charge in [0.2, 0.25) is 0 Å².